The number of pyridine rings is 1. The molecule has 1 aromatic heterocycles. The smallest absolute Gasteiger partial charge is 0.191 e. The maximum absolute atomic E-state index is 6.10. The summed E-state index contributed by atoms with van der Waals surface area (Å²) in [4.78, 5) is 8.51. The van der Waals surface area contributed by atoms with Crippen LogP contribution >= 0.6 is 35.6 Å². The summed E-state index contributed by atoms with van der Waals surface area (Å²) in [6.45, 7) is 3.36. The van der Waals surface area contributed by atoms with Gasteiger partial charge in [-0.3, -0.25) is 9.98 Å². The number of aliphatic imine (C=N–C) groups is 1. The maximum Gasteiger partial charge on any atom is 0.191 e. The van der Waals surface area contributed by atoms with E-state index in [2.05, 4.69) is 20.6 Å². The molecular formula is C18H24ClIN4O. The summed E-state index contributed by atoms with van der Waals surface area (Å²) in [6, 6.07) is 13.4. The Kier molecular flexibility index (Phi) is 10.3. The van der Waals surface area contributed by atoms with Crippen molar-refractivity contribution in [3.05, 3.63) is 59.4 Å². The van der Waals surface area contributed by atoms with Crippen LogP contribution in [0, 0.1) is 0 Å². The summed E-state index contributed by atoms with van der Waals surface area (Å²) in [5.41, 5.74) is 1.05. The molecule has 1 atom stereocenters. The molecule has 1 aromatic carbocycles. The number of benzene rings is 1. The van der Waals surface area contributed by atoms with Gasteiger partial charge in [0.1, 0.15) is 11.9 Å². The van der Waals surface area contributed by atoms with Crippen molar-refractivity contribution in [2.45, 2.75) is 19.4 Å². The van der Waals surface area contributed by atoms with Crippen LogP contribution < -0.4 is 15.4 Å². The van der Waals surface area contributed by atoms with E-state index in [9.17, 15) is 0 Å². The Labute approximate surface area is 171 Å². The van der Waals surface area contributed by atoms with Gasteiger partial charge in [0.15, 0.2) is 5.96 Å². The van der Waals surface area contributed by atoms with Gasteiger partial charge in [0, 0.05) is 31.9 Å². The Hall–Kier alpha value is -1.54. The molecule has 5 nitrogen and oxygen atoms in total. The minimum Gasteiger partial charge on any atom is -0.487 e. The number of rotatable bonds is 7. The Morgan fingerprint density at radius 2 is 1.96 bits per heavy atom. The van der Waals surface area contributed by atoms with Gasteiger partial charge in [0.25, 0.3) is 0 Å². The predicted octanol–water partition coefficient (Wildman–Crippen LogP) is 3.53. The fourth-order valence-corrected chi connectivity index (χ4v) is 2.29. The zero-order valence-electron chi connectivity index (χ0n) is 14.4. The Morgan fingerprint density at radius 3 is 2.64 bits per heavy atom. The zero-order valence-corrected chi connectivity index (χ0v) is 17.5. The van der Waals surface area contributed by atoms with Gasteiger partial charge in [-0.25, -0.2) is 0 Å². The second-order valence-corrected chi connectivity index (χ2v) is 5.72. The van der Waals surface area contributed by atoms with Gasteiger partial charge in [-0.1, -0.05) is 29.8 Å². The van der Waals surface area contributed by atoms with Crippen LogP contribution in [-0.4, -0.2) is 37.2 Å². The molecular weight excluding hydrogens is 451 g/mol. The van der Waals surface area contributed by atoms with Crippen LogP contribution in [0.3, 0.4) is 0 Å². The standard InChI is InChI=1S/C18H23ClN4O.HI/c1-14(24-17-9-4-3-8-16(17)19)13-23-18(20-2)22-12-10-15-7-5-6-11-21-15;/h3-9,11,14H,10,12-13H2,1-2H3,(H2,20,22,23);1H. The van der Waals surface area contributed by atoms with Crippen LogP contribution in [-0.2, 0) is 6.42 Å². The van der Waals surface area contributed by atoms with Crippen molar-refractivity contribution >= 4 is 41.5 Å². The highest BCUT2D eigenvalue weighted by atomic mass is 127. The zero-order chi connectivity index (χ0) is 17.2. The van der Waals surface area contributed by atoms with Gasteiger partial charge in [-0.05, 0) is 31.2 Å². The summed E-state index contributed by atoms with van der Waals surface area (Å²) >= 11 is 6.10. The third-order valence-electron chi connectivity index (χ3n) is 3.35. The van der Waals surface area contributed by atoms with Crippen LogP contribution in [0.15, 0.2) is 53.7 Å². The van der Waals surface area contributed by atoms with Crippen LogP contribution in [0.2, 0.25) is 5.02 Å². The predicted molar refractivity (Wildman–Crippen MR) is 114 cm³/mol. The van der Waals surface area contributed by atoms with Gasteiger partial charge in [-0.2, -0.15) is 0 Å². The average molecular weight is 475 g/mol. The minimum absolute atomic E-state index is 0. The van der Waals surface area contributed by atoms with E-state index in [1.165, 1.54) is 0 Å². The van der Waals surface area contributed by atoms with Gasteiger partial charge >= 0.3 is 0 Å². The third-order valence-corrected chi connectivity index (χ3v) is 3.66. The molecule has 1 unspecified atom stereocenters. The van der Waals surface area contributed by atoms with Crippen molar-refractivity contribution in [2.24, 2.45) is 4.99 Å². The Morgan fingerprint density at radius 1 is 1.20 bits per heavy atom. The first-order chi connectivity index (χ1) is 11.7. The summed E-state index contributed by atoms with van der Waals surface area (Å²) in [5, 5.41) is 7.12. The van der Waals surface area contributed by atoms with E-state index in [1.807, 2.05) is 49.4 Å². The van der Waals surface area contributed by atoms with Crippen molar-refractivity contribution in [1.82, 2.24) is 15.6 Å². The first kappa shape index (κ1) is 21.5. The molecule has 7 heteroatoms. The number of ether oxygens (including phenoxy) is 1. The molecule has 2 rings (SSSR count). The molecule has 136 valence electrons. The summed E-state index contributed by atoms with van der Waals surface area (Å²) in [7, 11) is 1.75. The highest BCUT2D eigenvalue weighted by molar-refractivity contribution is 14.0. The van der Waals surface area contributed by atoms with Crippen LogP contribution in [0.5, 0.6) is 5.75 Å². The van der Waals surface area contributed by atoms with E-state index in [4.69, 9.17) is 16.3 Å². The fourth-order valence-electron chi connectivity index (χ4n) is 2.11. The second kappa shape index (κ2) is 11.9. The van der Waals surface area contributed by atoms with E-state index < -0.39 is 0 Å². The molecule has 25 heavy (non-hydrogen) atoms. The van der Waals surface area contributed by atoms with E-state index in [0.717, 1.165) is 24.6 Å². The number of halogens is 2. The molecule has 2 aromatic rings. The molecule has 1 heterocycles. The Bertz CT molecular complexity index is 655. The fraction of sp³-hybridized carbons (Fsp3) is 0.333. The Balaban J connectivity index is 0.00000312. The number of nitrogens with one attached hydrogen (secondary N) is 2. The van der Waals surface area contributed by atoms with Crippen molar-refractivity contribution in [2.75, 3.05) is 20.1 Å². The topological polar surface area (TPSA) is 58.5 Å². The molecule has 2 N–H and O–H groups in total. The lowest BCUT2D eigenvalue weighted by Gasteiger charge is -2.18. The number of hydrogen-bond donors (Lipinski definition) is 2. The van der Waals surface area contributed by atoms with Gasteiger partial charge in [-0.15, -0.1) is 24.0 Å². The van der Waals surface area contributed by atoms with E-state index in [1.54, 1.807) is 13.2 Å². The number of para-hydroxylation sites is 1. The van der Waals surface area contributed by atoms with Crippen molar-refractivity contribution in [3.8, 4) is 5.75 Å². The molecule has 0 saturated heterocycles. The molecule has 0 bridgehead atoms. The van der Waals surface area contributed by atoms with Crippen LogP contribution in [0.25, 0.3) is 0 Å². The summed E-state index contributed by atoms with van der Waals surface area (Å²) in [5.74, 6) is 1.42. The van der Waals surface area contributed by atoms with E-state index >= 15 is 0 Å². The first-order valence-electron chi connectivity index (χ1n) is 7.94. The van der Waals surface area contributed by atoms with Crippen molar-refractivity contribution < 1.29 is 4.74 Å². The molecule has 0 amide bonds. The molecule has 0 aliphatic rings. The van der Waals surface area contributed by atoms with Crippen molar-refractivity contribution in [3.63, 3.8) is 0 Å². The third kappa shape index (κ3) is 7.92. The highest BCUT2D eigenvalue weighted by Gasteiger charge is 2.08. The molecule has 0 radical (unpaired) electrons. The van der Waals surface area contributed by atoms with E-state index in [-0.39, 0.29) is 30.1 Å². The second-order valence-electron chi connectivity index (χ2n) is 5.31. The summed E-state index contributed by atoms with van der Waals surface area (Å²) in [6.07, 6.45) is 2.60. The van der Waals surface area contributed by atoms with E-state index in [0.29, 0.717) is 17.3 Å². The SMILES string of the molecule is CN=C(NCCc1ccccn1)NCC(C)Oc1ccccc1Cl.I. The molecule has 0 saturated carbocycles. The number of hydrogen-bond acceptors (Lipinski definition) is 3. The average Bonchev–Trinajstić information content (AvgIpc) is 2.61. The number of nitrogens with zero attached hydrogens (tertiary/aromatic N) is 2. The highest BCUT2D eigenvalue weighted by Crippen LogP contribution is 2.23. The number of aromatic nitrogens is 1. The first-order valence-corrected chi connectivity index (χ1v) is 8.32. The van der Waals surface area contributed by atoms with Gasteiger partial charge in [0.05, 0.1) is 11.6 Å². The molecule has 0 aliphatic heterocycles. The summed E-state index contributed by atoms with van der Waals surface area (Å²) < 4.78 is 5.83. The molecule has 0 aliphatic carbocycles. The van der Waals surface area contributed by atoms with Gasteiger partial charge < -0.3 is 15.4 Å². The lowest BCUT2D eigenvalue weighted by atomic mass is 10.3. The number of guanidine groups is 1. The van der Waals surface area contributed by atoms with Crippen LogP contribution in [0.4, 0.5) is 0 Å². The molecule has 0 fully saturated rings. The lowest BCUT2D eigenvalue weighted by Crippen LogP contribution is -2.42. The van der Waals surface area contributed by atoms with Crippen LogP contribution in [0.1, 0.15) is 12.6 Å². The minimum atomic E-state index is -0.0424. The largest absolute Gasteiger partial charge is 0.487 e. The normalized spacial score (nSPS) is 12.0. The van der Waals surface area contributed by atoms with Gasteiger partial charge in [0.2, 0.25) is 0 Å². The monoisotopic (exact) mass is 474 g/mol. The lowest BCUT2D eigenvalue weighted by molar-refractivity contribution is 0.224. The quantitative estimate of drug-likeness (QED) is 0.366. The van der Waals surface area contributed by atoms with Crippen molar-refractivity contribution in [1.29, 1.82) is 0 Å². The maximum atomic E-state index is 6.10. The molecule has 0 spiro atoms.